The van der Waals surface area contributed by atoms with Crippen molar-refractivity contribution in [1.82, 2.24) is 0 Å². The number of carbonyl (C=O) groups is 1. The van der Waals surface area contributed by atoms with Crippen LogP contribution in [0.5, 0.6) is 5.75 Å². The second kappa shape index (κ2) is 4.85. The highest BCUT2D eigenvalue weighted by Crippen LogP contribution is 2.34. The van der Waals surface area contributed by atoms with E-state index in [0.717, 1.165) is 6.42 Å². The molecule has 0 saturated heterocycles. The number of hydrogen-bond acceptors (Lipinski definition) is 4. The normalized spacial score (nSPS) is 13.9. The summed E-state index contributed by atoms with van der Waals surface area (Å²) in [5.41, 5.74) is 6.56. The van der Waals surface area contributed by atoms with E-state index in [1.54, 1.807) is 23.1 Å². The van der Waals surface area contributed by atoms with E-state index in [1.165, 1.54) is 0 Å². The third-order valence-corrected chi connectivity index (χ3v) is 2.63. The number of amides is 1. The molecule has 2 rings (SSSR count). The maximum absolute atomic E-state index is 11.7. The van der Waals surface area contributed by atoms with E-state index in [-0.39, 0.29) is 12.5 Å². The predicted molar refractivity (Wildman–Crippen MR) is 62.7 cm³/mol. The molecule has 1 aliphatic heterocycles. The van der Waals surface area contributed by atoms with Crippen LogP contribution in [0.2, 0.25) is 0 Å². The Morgan fingerprint density at radius 2 is 2.35 bits per heavy atom. The molecule has 1 aliphatic rings. The second-order valence-corrected chi connectivity index (χ2v) is 3.74. The van der Waals surface area contributed by atoms with Crippen molar-refractivity contribution in [2.24, 2.45) is 5.73 Å². The third-order valence-electron chi connectivity index (χ3n) is 2.63. The van der Waals surface area contributed by atoms with Crippen molar-refractivity contribution < 1.29 is 9.53 Å². The van der Waals surface area contributed by atoms with E-state index < -0.39 is 0 Å². The molecule has 1 heterocycles. The summed E-state index contributed by atoms with van der Waals surface area (Å²) in [6, 6.07) is 7.26. The highest BCUT2D eigenvalue weighted by atomic mass is 16.5. The second-order valence-electron chi connectivity index (χ2n) is 3.74. The van der Waals surface area contributed by atoms with Gasteiger partial charge < -0.3 is 15.4 Å². The monoisotopic (exact) mass is 231 g/mol. The summed E-state index contributed by atoms with van der Waals surface area (Å²) in [5, 5.41) is 8.97. The molecule has 0 fully saturated rings. The Morgan fingerprint density at radius 1 is 1.53 bits per heavy atom. The molecule has 0 aromatic heterocycles. The van der Waals surface area contributed by atoms with E-state index in [9.17, 15) is 4.79 Å². The molecule has 0 unspecified atom stereocenters. The highest BCUT2D eigenvalue weighted by Gasteiger charge is 2.26. The summed E-state index contributed by atoms with van der Waals surface area (Å²) >= 11 is 0. The number of para-hydroxylation sites is 1. The van der Waals surface area contributed by atoms with Crippen LogP contribution in [-0.4, -0.2) is 25.6 Å². The molecule has 0 aliphatic carbocycles. The summed E-state index contributed by atoms with van der Waals surface area (Å²) in [5.74, 6) is 0.396. The van der Waals surface area contributed by atoms with Gasteiger partial charge >= 0.3 is 0 Å². The van der Waals surface area contributed by atoms with E-state index in [0.29, 0.717) is 30.1 Å². The Kier molecular flexibility index (Phi) is 3.26. The van der Waals surface area contributed by atoms with Crippen LogP contribution in [0, 0.1) is 11.3 Å². The van der Waals surface area contributed by atoms with Gasteiger partial charge in [0.15, 0.2) is 12.4 Å². The lowest BCUT2D eigenvalue weighted by Crippen LogP contribution is -2.40. The zero-order valence-electron chi connectivity index (χ0n) is 9.35. The molecular weight excluding hydrogens is 218 g/mol. The standard InChI is InChI=1S/C12H13N3O2/c13-5-2-6-15-10-4-1-3-9(7-14)12(10)17-8-11(15)16/h1,3-4H,2,5-6,8,13H2. The van der Waals surface area contributed by atoms with Gasteiger partial charge in [0.05, 0.1) is 11.3 Å². The average molecular weight is 231 g/mol. The van der Waals surface area contributed by atoms with Crippen LogP contribution >= 0.6 is 0 Å². The number of hydrogen-bond donors (Lipinski definition) is 1. The van der Waals surface area contributed by atoms with Crippen molar-refractivity contribution in [2.75, 3.05) is 24.6 Å². The minimum atomic E-state index is -0.0963. The van der Waals surface area contributed by atoms with E-state index in [2.05, 4.69) is 6.07 Å². The number of carbonyl (C=O) groups excluding carboxylic acids is 1. The van der Waals surface area contributed by atoms with Crippen LogP contribution in [0.4, 0.5) is 5.69 Å². The molecule has 17 heavy (non-hydrogen) atoms. The number of benzene rings is 1. The summed E-state index contributed by atoms with van der Waals surface area (Å²) < 4.78 is 5.32. The Labute approximate surface area is 99.4 Å². The molecule has 88 valence electrons. The molecule has 5 heteroatoms. The molecular formula is C12H13N3O2. The minimum absolute atomic E-state index is 0.0176. The Hall–Kier alpha value is -2.06. The van der Waals surface area contributed by atoms with Gasteiger partial charge in [0.1, 0.15) is 6.07 Å². The lowest BCUT2D eigenvalue weighted by atomic mass is 10.1. The quantitative estimate of drug-likeness (QED) is 0.827. The Balaban J connectivity index is 2.38. The number of nitrogens with two attached hydrogens (primary N) is 1. The summed E-state index contributed by atoms with van der Waals surface area (Å²) in [6.07, 6.45) is 0.724. The lowest BCUT2D eigenvalue weighted by Gasteiger charge is -2.29. The fraction of sp³-hybridized carbons (Fsp3) is 0.333. The van der Waals surface area contributed by atoms with Crippen LogP contribution in [-0.2, 0) is 4.79 Å². The van der Waals surface area contributed by atoms with Gasteiger partial charge in [-0.15, -0.1) is 0 Å². The number of nitrogens with zero attached hydrogens (tertiary/aromatic N) is 2. The fourth-order valence-corrected chi connectivity index (χ4v) is 1.82. The SMILES string of the molecule is N#Cc1cccc2c1OCC(=O)N2CCCN. The molecule has 2 N–H and O–H groups in total. The van der Waals surface area contributed by atoms with Crippen molar-refractivity contribution in [3.63, 3.8) is 0 Å². The van der Waals surface area contributed by atoms with Crippen molar-refractivity contribution in [1.29, 1.82) is 5.26 Å². The minimum Gasteiger partial charge on any atom is -0.480 e. The van der Waals surface area contributed by atoms with Gasteiger partial charge in [-0.2, -0.15) is 5.26 Å². The van der Waals surface area contributed by atoms with Crippen LogP contribution in [0.25, 0.3) is 0 Å². The zero-order chi connectivity index (χ0) is 12.3. The first-order chi connectivity index (χ1) is 8.27. The topological polar surface area (TPSA) is 79.3 Å². The Morgan fingerprint density at radius 3 is 3.06 bits per heavy atom. The van der Waals surface area contributed by atoms with Crippen LogP contribution in [0.15, 0.2) is 18.2 Å². The molecule has 1 amide bonds. The Bertz CT molecular complexity index is 479. The van der Waals surface area contributed by atoms with Gasteiger partial charge in [0, 0.05) is 6.54 Å². The maximum Gasteiger partial charge on any atom is 0.265 e. The molecule has 0 spiro atoms. The van der Waals surface area contributed by atoms with Crippen molar-refractivity contribution in [2.45, 2.75) is 6.42 Å². The summed E-state index contributed by atoms with van der Waals surface area (Å²) in [6.45, 7) is 1.06. The first-order valence-electron chi connectivity index (χ1n) is 5.44. The van der Waals surface area contributed by atoms with Crippen molar-refractivity contribution in [3.05, 3.63) is 23.8 Å². The zero-order valence-corrected chi connectivity index (χ0v) is 9.35. The van der Waals surface area contributed by atoms with Crippen molar-refractivity contribution >= 4 is 11.6 Å². The van der Waals surface area contributed by atoms with Gasteiger partial charge in [-0.1, -0.05) is 6.07 Å². The molecule has 1 aromatic rings. The van der Waals surface area contributed by atoms with Gasteiger partial charge in [-0.25, -0.2) is 0 Å². The number of fused-ring (bicyclic) bond motifs is 1. The molecule has 0 atom stereocenters. The van der Waals surface area contributed by atoms with E-state index in [1.807, 2.05) is 0 Å². The van der Waals surface area contributed by atoms with Gasteiger partial charge in [-0.05, 0) is 25.1 Å². The van der Waals surface area contributed by atoms with E-state index in [4.69, 9.17) is 15.7 Å². The van der Waals surface area contributed by atoms with E-state index >= 15 is 0 Å². The smallest absolute Gasteiger partial charge is 0.265 e. The highest BCUT2D eigenvalue weighted by molar-refractivity contribution is 5.98. The van der Waals surface area contributed by atoms with Crippen molar-refractivity contribution in [3.8, 4) is 11.8 Å². The largest absolute Gasteiger partial charge is 0.480 e. The number of nitriles is 1. The first kappa shape index (κ1) is 11.4. The molecule has 0 saturated carbocycles. The predicted octanol–water partition coefficient (Wildman–Crippen LogP) is 0.632. The van der Waals surface area contributed by atoms with Crippen LogP contribution < -0.4 is 15.4 Å². The molecule has 0 radical (unpaired) electrons. The molecule has 5 nitrogen and oxygen atoms in total. The summed E-state index contributed by atoms with van der Waals surface area (Å²) in [7, 11) is 0. The third kappa shape index (κ3) is 2.08. The van der Waals surface area contributed by atoms with Crippen LogP contribution in [0.3, 0.4) is 0 Å². The molecule has 1 aromatic carbocycles. The van der Waals surface area contributed by atoms with Gasteiger partial charge in [-0.3, -0.25) is 4.79 Å². The lowest BCUT2D eigenvalue weighted by molar-refractivity contribution is -0.121. The fourth-order valence-electron chi connectivity index (χ4n) is 1.82. The summed E-state index contributed by atoms with van der Waals surface area (Å²) in [4.78, 5) is 13.4. The average Bonchev–Trinajstić information content (AvgIpc) is 2.36. The maximum atomic E-state index is 11.7. The number of anilines is 1. The molecule has 0 bridgehead atoms. The number of rotatable bonds is 3. The number of ether oxygens (including phenoxy) is 1. The van der Waals surface area contributed by atoms with Gasteiger partial charge in [0.25, 0.3) is 5.91 Å². The van der Waals surface area contributed by atoms with Gasteiger partial charge in [0.2, 0.25) is 0 Å². The van der Waals surface area contributed by atoms with Crippen LogP contribution in [0.1, 0.15) is 12.0 Å². The first-order valence-corrected chi connectivity index (χ1v) is 5.44.